The van der Waals surface area contributed by atoms with Crippen molar-refractivity contribution < 1.29 is 13.6 Å². The van der Waals surface area contributed by atoms with Crippen molar-refractivity contribution in [3.05, 3.63) is 33.3 Å². The van der Waals surface area contributed by atoms with Crippen LogP contribution in [0.5, 0.6) is 0 Å². The van der Waals surface area contributed by atoms with E-state index in [9.17, 15) is 13.6 Å². The second-order valence-electron chi connectivity index (χ2n) is 3.95. The number of Topliss-reactive ketones (excluding diaryl/α,β-unsaturated/α-hetero) is 1. The first-order valence-electron chi connectivity index (χ1n) is 5.35. The number of hydrogen-bond acceptors (Lipinski definition) is 2. The minimum atomic E-state index is -2.39. The summed E-state index contributed by atoms with van der Waals surface area (Å²) in [6, 6.07) is 4.99. The maximum atomic E-state index is 12.1. The van der Waals surface area contributed by atoms with E-state index in [0.717, 1.165) is 4.47 Å². The molecular weight excluding hydrogens is 327 g/mol. The van der Waals surface area contributed by atoms with Gasteiger partial charge >= 0.3 is 0 Å². The largest absolute Gasteiger partial charge is 0.300 e. The van der Waals surface area contributed by atoms with Crippen LogP contribution in [0.15, 0.2) is 22.7 Å². The van der Waals surface area contributed by atoms with Crippen molar-refractivity contribution >= 4 is 33.3 Å². The summed E-state index contributed by atoms with van der Waals surface area (Å²) in [6.07, 6.45) is -2.22. The normalized spacial score (nSPS) is 11.3. The van der Waals surface area contributed by atoms with Gasteiger partial charge in [-0.1, -0.05) is 27.5 Å². The number of rotatable bonds is 6. The van der Waals surface area contributed by atoms with Gasteiger partial charge in [-0.25, -0.2) is 8.78 Å². The van der Waals surface area contributed by atoms with E-state index in [2.05, 4.69) is 15.9 Å². The summed E-state index contributed by atoms with van der Waals surface area (Å²) in [4.78, 5) is 13.3. The zero-order valence-electron chi connectivity index (χ0n) is 9.80. The summed E-state index contributed by atoms with van der Waals surface area (Å²) >= 11 is 9.19. The van der Waals surface area contributed by atoms with E-state index in [4.69, 9.17) is 11.6 Å². The smallest absolute Gasteiger partial charge is 0.251 e. The molecule has 6 heteroatoms. The molecule has 1 aromatic carbocycles. The van der Waals surface area contributed by atoms with Gasteiger partial charge in [0.1, 0.15) is 0 Å². The van der Waals surface area contributed by atoms with Crippen LogP contribution in [0, 0.1) is 0 Å². The zero-order valence-corrected chi connectivity index (χ0v) is 12.1. The third-order valence-corrected chi connectivity index (χ3v) is 3.21. The third-order valence-electron chi connectivity index (χ3n) is 2.40. The maximum Gasteiger partial charge on any atom is 0.251 e. The Balaban J connectivity index is 2.55. The van der Waals surface area contributed by atoms with Crippen LogP contribution in [0.4, 0.5) is 8.78 Å². The lowest BCUT2D eigenvalue weighted by atomic mass is 10.1. The fourth-order valence-electron chi connectivity index (χ4n) is 1.47. The van der Waals surface area contributed by atoms with Crippen LogP contribution in [0.1, 0.15) is 16.8 Å². The number of ketones is 1. The molecule has 0 radical (unpaired) electrons. The number of halogens is 4. The molecule has 0 fully saturated rings. The molecule has 0 saturated carbocycles. The van der Waals surface area contributed by atoms with Crippen LogP contribution < -0.4 is 0 Å². The molecule has 0 spiro atoms. The van der Waals surface area contributed by atoms with E-state index in [-0.39, 0.29) is 25.3 Å². The van der Waals surface area contributed by atoms with Crippen molar-refractivity contribution in [2.75, 3.05) is 20.1 Å². The first kappa shape index (κ1) is 15.5. The Hall–Kier alpha value is -0.520. The summed E-state index contributed by atoms with van der Waals surface area (Å²) in [5, 5.41) is 0.367. The second kappa shape index (κ2) is 7.16. The van der Waals surface area contributed by atoms with Gasteiger partial charge in [-0.05, 0) is 25.2 Å². The SMILES string of the molecule is CN(CCC(=O)c1ccc(Br)cc1Cl)CC(F)F. The van der Waals surface area contributed by atoms with Gasteiger partial charge in [-0.15, -0.1) is 0 Å². The minimum Gasteiger partial charge on any atom is -0.300 e. The van der Waals surface area contributed by atoms with Gasteiger partial charge in [-0.2, -0.15) is 0 Å². The molecule has 0 bridgehead atoms. The number of benzene rings is 1. The van der Waals surface area contributed by atoms with Crippen molar-refractivity contribution in [3.8, 4) is 0 Å². The monoisotopic (exact) mass is 339 g/mol. The Bertz CT molecular complexity index is 429. The molecule has 0 aliphatic heterocycles. The Kier molecular flexibility index (Phi) is 6.18. The van der Waals surface area contributed by atoms with Crippen LogP contribution in [-0.4, -0.2) is 37.2 Å². The Morgan fingerprint density at radius 1 is 1.50 bits per heavy atom. The number of alkyl halides is 2. The van der Waals surface area contributed by atoms with Gasteiger partial charge in [-0.3, -0.25) is 4.79 Å². The molecule has 0 aromatic heterocycles. The molecule has 0 N–H and O–H groups in total. The van der Waals surface area contributed by atoms with Gasteiger partial charge in [0, 0.05) is 23.0 Å². The average Bonchev–Trinajstić information content (AvgIpc) is 2.25. The number of nitrogens with zero attached hydrogens (tertiary/aromatic N) is 1. The van der Waals surface area contributed by atoms with E-state index < -0.39 is 6.43 Å². The van der Waals surface area contributed by atoms with Crippen molar-refractivity contribution in [1.29, 1.82) is 0 Å². The Labute approximate surface area is 118 Å². The highest BCUT2D eigenvalue weighted by atomic mass is 79.9. The van der Waals surface area contributed by atoms with Crippen LogP contribution in [-0.2, 0) is 0 Å². The summed E-state index contributed by atoms with van der Waals surface area (Å²) in [5.41, 5.74) is 0.422. The second-order valence-corrected chi connectivity index (χ2v) is 5.27. The van der Waals surface area contributed by atoms with Crippen molar-refractivity contribution in [2.45, 2.75) is 12.8 Å². The number of carbonyl (C=O) groups excluding carboxylic acids is 1. The fourth-order valence-corrected chi connectivity index (χ4v) is 2.25. The molecule has 1 rings (SSSR count). The highest BCUT2D eigenvalue weighted by molar-refractivity contribution is 9.10. The van der Waals surface area contributed by atoms with E-state index in [1.54, 1.807) is 25.2 Å². The predicted molar refractivity (Wildman–Crippen MR) is 71.6 cm³/mol. The van der Waals surface area contributed by atoms with E-state index in [0.29, 0.717) is 10.6 Å². The highest BCUT2D eigenvalue weighted by Crippen LogP contribution is 2.22. The lowest BCUT2D eigenvalue weighted by Crippen LogP contribution is -2.27. The predicted octanol–water partition coefficient (Wildman–Crippen LogP) is 3.87. The number of carbonyl (C=O) groups is 1. The molecule has 0 aliphatic carbocycles. The molecule has 0 amide bonds. The van der Waals surface area contributed by atoms with Crippen molar-refractivity contribution in [1.82, 2.24) is 4.90 Å². The van der Waals surface area contributed by atoms with Crippen molar-refractivity contribution in [2.24, 2.45) is 0 Å². The Morgan fingerprint density at radius 3 is 2.72 bits per heavy atom. The molecular formula is C12H13BrClF2NO. The topological polar surface area (TPSA) is 20.3 Å². The summed E-state index contributed by atoms with van der Waals surface area (Å²) in [6.45, 7) is -0.0447. The number of hydrogen-bond donors (Lipinski definition) is 0. The lowest BCUT2D eigenvalue weighted by Gasteiger charge is -2.15. The molecule has 100 valence electrons. The van der Waals surface area contributed by atoms with Crippen molar-refractivity contribution in [3.63, 3.8) is 0 Å². The van der Waals surface area contributed by atoms with E-state index in [1.165, 1.54) is 4.90 Å². The molecule has 0 heterocycles. The average molecular weight is 341 g/mol. The van der Waals surface area contributed by atoms with Gasteiger partial charge in [0.05, 0.1) is 11.6 Å². The van der Waals surface area contributed by atoms with Gasteiger partial charge in [0.2, 0.25) is 0 Å². The zero-order chi connectivity index (χ0) is 13.7. The standard InChI is InChI=1S/C12H13BrClF2NO/c1-17(7-12(15)16)5-4-11(18)9-3-2-8(13)6-10(9)14/h2-3,6,12H,4-5,7H2,1H3. The molecule has 0 saturated heterocycles. The lowest BCUT2D eigenvalue weighted by molar-refractivity contribution is 0.0881. The van der Waals surface area contributed by atoms with Crippen LogP contribution in [0.3, 0.4) is 0 Å². The van der Waals surface area contributed by atoms with Gasteiger partial charge < -0.3 is 4.90 Å². The molecule has 18 heavy (non-hydrogen) atoms. The van der Waals surface area contributed by atoms with E-state index in [1.807, 2.05) is 0 Å². The Morgan fingerprint density at radius 2 is 2.17 bits per heavy atom. The first-order valence-corrected chi connectivity index (χ1v) is 6.52. The first-order chi connectivity index (χ1) is 8.40. The minimum absolute atomic E-state index is 0.145. The summed E-state index contributed by atoms with van der Waals surface area (Å²) in [5.74, 6) is -0.145. The third kappa shape index (κ3) is 5.00. The summed E-state index contributed by atoms with van der Waals surface area (Å²) < 4.78 is 25.0. The maximum absolute atomic E-state index is 12.1. The highest BCUT2D eigenvalue weighted by Gasteiger charge is 2.13. The quantitative estimate of drug-likeness (QED) is 0.733. The van der Waals surface area contributed by atoms with E-state index >= 15 is 0 Å². The molecule has 1 aromatic rings. The van der Waals surface area contributed by atoms with Crippen LogP contribution in [0.2, 0.25) is 5.02 Å². The van der Waals surface area contributed by atoms with Gasteiger partial charge in [0.25, 0.3) is 6.43 Å². The molecule has 0 atom stereocenters. The molecule has 2 nitrogen and oxygen atoms in total. The van der Waals surface area contributed by atoms with Gasteiger partial charge in [0.15, 0.2) is 5.78 Å². The van der Waals surface area contributed by atoms with Crippen LogP contribution >= 0.6 is 27.5 Å². The summed E-state index contributed by atoms with van der Waals surface area (Å²) in [7, 11) is 1.56. The fraction of sp³-hybridized carbons (Fsp3) is 0.417. The van der Waals surface area contributed by atoms with Crippen LogP contribution in [0.25, 0.3) is 0 Å². The molecule has 0 aliphatic rings. The molecule has 0 unspecified atom stereocenters.